The Kier molecular flexibility index (Phi) is 7.34. The number of carbonyl (C=O) groups excluding carboxylic acids is 1. The number of rotatable bonds is 7. The molecule has 0 aromatic rings. The summed E-state index contributed by atoms with van der Waals surface area (Å²) in [4.78, 5) is 13.7. The second-order valence-corrected chi connectivity index (χ2v) is 4.32. The highest BCUT2D eigenvalue weighted by molar-refractivity contribution is 5.78. The Morgan fingerprint density at radius 3 is 2.40 bits per heavy atom. The quantitative estimate of drug-likeness (QED) is 0.642. The lowest BCUT2D eigenvalue weighted by atomic mass is 10.1. The number of carbonyl (C=O) groups is 1. The molecule has 0 spiro atoms. The molecule has 1 unspecified atom stereocenters. The first-order chi connectivity index (χ1) is 6.99. The second kappa shape index (κ2) is 7.65. The average molecular weight is 215 g/mol. The van der Waals surface area contributed by atoms with Crippen LogP contribution in [0.2, 0.25) is 0 Å². The third kappa shape index (κ3) is 6.47. The van der Waals surface area contributed by atoms with E-state index in [4.69, 9.17) is 0 Å². The van der Waals surface area contributed by atoms with Gasteiger partial charge in [-0.2, -0.15) is 0 Å². The Labute approximate surface area is 93.4 Å². The molecule has 4 nitrogen and oxygen atoms in total. The van der Waals surface area contributed by atoms with Crippen molar-refractivity contribution in [3.63, 3.8) is 0 Å². The first kappa shape index (κ1) is 14.4. The molecular weight excluding hydrogens is 190 g/mol. The summed E-state index contributed by atoms with van der Waals surface area (Å²) in [6, 6.07) is 0.525. The molecule has 0 bridgehead atoms. The van der Waals surface area contributed by atoms with E-state index >= 15 is 0 Å². The highest BCUT2D eigenvalue weighted by atomic mass is 16.1. The van der Waals surface area contributed by atoms with Gasteiger partial charge in [-0.1, -0.05) is 6.92 Å². The monoisotopic (exact) mass is 215 g/mol. The third-order valence-electron chi connectivity index (χ3n) is 2.60. The summed E-state index contributed by atoms with van der Waals surface area (Å²) in [6.45, 7) is 8.57. The van der Waals surface area contributed by atoms with Gasteiger partial charge in [0.05, 0.1) is 0 Å². The summed E-state index contributed by atoms with van der Waals surface area (Å²) in [5.41, 5.74) is 0. The van der Waals surface area contributed by atoms with Crippen molar-refractivity contribution in [2.75, 3.05) is 33.7 Å². The largest absolute Gasteiger partial charge is 0.355 e. The van der Waals surface area contributed by atoms with Gasteiger partial charge in [0.15, 0.2) is 0 Å². The van der Waals surface area contributed by atoms with Crippen LogP contribution in [0.15, 0.2) is 0 Å². The van der Waals surface area contributed by atoms with Crippen LogP contribution in [0.3, 0.4) is 0 Å². The van der Waals surface area contributed by atoms with Crippen LogP contribution >= 0.6 is 0 Å². The number of hydrogen-bond acceptors (Lipinski definition) is 3. The third-order valence-corrected chi connectivity index (χ3v) is 2.60. The zero-order valence-corrected chi connectivity index (χ0v) is 10.6. The van der Waals surface area contributed by atoms with E-state index in [0.717, 1.165) is 19.6 Å². The first-order valence-electron chi connectivity index (χ1n) is 5.61. The number of amides is 1. The van der Waals surface area contributed by atoms with Crippen LogP contribution < -0.4 is 10.6 Å². The molecule has 1 amide bonds. The summed E-state index contributed by atoms with van der Waals surface area (Å²) >= 11 is 0. The van der Waals surface area contributed by atoms with Crippen LogP contribution in [0.25, 0.3) is 0 Å². The minimum atomic E-state index is 0.0411. The fourth-order valence-electron chi connectivity index (χ4n) is 1.19. The van der Waals surface area contributed by atoms with Gasteiger partial charge in [-0.05, 0) is 27.9 Å². The Morgan fingerprint density at radius 1 is 1.33 bits per heavy atom. The average Bonchev–Trinajstić information content (AvgIpc) is 2.17. The van der Waals surface area contributed by atoms with Crippen molar-refractivity contribution in [2.45, 2.75) is 26.8 Å². The number of hydrogen-bond donors (Lipinski definition) is 2. The molecular formula is C11H25N3O. The van der Waals surface area contributed by atoms with Crippen molar-refractivity contribution in [3.05, 3.63) is 0 Å². The van der Waals surface area contributed by atoms with Gasteiger partial charge < -0.3 is 15.5 Å². The SMILES string of the molecule is CNCC(C)C(=O)NCCN(C)C(C)C. The van der Waals surface area contributed by atoms with E-state index in [9.17, 15) is 4.79 Å². The summed E-state index contributed by atoms with van der Waals surface area (Å²) in [7, 11) is 3.92. The van der Waals surface area contributed by atoms with Crippen molar-refractivity contribution < 1.29 is 4.79 Å². The molecule has 0 aliphatic rings. The van der Waals surface area contributed by atoms with Crippen molar-refractivity contribution in [2.24, 2.45) is 5.92 Å². The minimum Gasteiger partial charge on any atom is -0.355 e. The molecule has 0 saturated heterocycles. The Hall–Kier alpha value is -0.610. The fourth-order valence-corrected chi connectivity index (χ4v) is 1.19. The lowest BCUT2D eigenvalue weighted by molar-refractivity contribution is -0.124. The van der Waals surface area contributed by atoms with E-state index in [2.05, 4.69) is 36.4 Å². The maximum absolute atomic E-state index is 11.5. The van der Waals surface area contributed by atoms with E-state index in [0.29, 0.717) is 6.04 Å². The van der Waals surface area contributed by atoms with Gasteiger partial charge in [-0.25, -0.2) is 0 Å². The summed E-state index contributed by atoms with van der Waals surface area (Å²) in [6.07, 6.45) is 0. The molecule has 4 heteroatoms. The fraction of sp³-hybridized carbons (Fsp3) is 0.909. The van der Waals surface area contributed by atoms with Crippen molar-refractivity contribution in [3.8, 4) is 0 Å². The predicted molar refractivity (Wildman–Crippen MR) is 63.9 cm³/mol. The van der Waals surface area contributed by atoms with E-state index in [1.807, 2.05) is 14.0 Å². The molecule has 1 atom stereocenters. The van der Waals surface area contributed by atoms with Crippen LogP contribution in [0.4, 0.5) is 0 Å². The van der Waals surface area contributed by atoms with Gasteiger partial charge >= 0.3 is 0 Å². The maximum atomic E-state index is 11.5. The zero-order valence-electron chi connectivity index (χ0n) is 10.6. The molecule has 15 heavy (non-hydrogen) atoms. The van der Waals surface area contributed by atoms with Gasteiger partial charge in [0.2, 0.25) is 5.91 Å². The van der Waals surface area contributed by atoms with Crippen molar-refractivity contribution in [1.29, 1.82) is 0 Å². The Bertz CT molecular complexity index is 183. The molecule has 0 aliphatic carbocycles. The molecule has 0 radical (unpaired) electrons. The molecule has 0 fully saturated rings. The van der Waals surface area contributed by atoms with Gasteiger partial charge in [0.25, 0.3) is 0 Å². The zero-order chi connectivity index (χ0) is 11.8. The van der Waals surface area contributed by atoms with Crippen molar-refractivity contribution in [1.82, 2.24) is 15.5 Å². The maximum Gasteiger partial charge on any atom is 0.224 e. The number of likely N-dealkylation sites (N-methyl/N-ethyl adjacent to an activating group) is 1. The molecule has 0 aromatic carbocycles. The van der Waals surface area contributed by atoms with Crippen LogP contribution in [-0.4, -0.2) is 50.6 Å². The molecule has 0 saturated carbocycles. The number of nitrogens with one attached hydrogen (secondary N) is 2. The highest BCUT2D eigenvalue weighted by Crippen LogP contribution is 1.93. The van der Waals surface area contributed by atoms with Crippen LogP contribution in [0, 0.1) is 5.92 Å². The molecule has 0 aromatic heterocycles. The topological polar surface area (TPSA) is 44.4 Å². The van der Waals surface area contributed by atoms with Gasteiger partial charge in [0.1, 0.15) is 0 Å². The highest BCUT2D eigenvalue weighted by Gasteiger charge is 2.11. The van der Waals surface area contributed by atoms with Crippen molar-refractivity contribution >= 4 is 5.91 Å². The summed E-state index contributed by atoms with van der Waals surface area (Å²) in [5, 5.41) is 5.93. The second-order valence-electron chi connectivity index (χ2n) is 4.32. The molecule has 0 rings (SSSR count). The van der Waals surface area contributed by atoms with Crippen LogP contribution in [0.1, 0.15) is 20.8 Å². The van der Waals surface area contributed by atoms with Gasteiger partial charge in [-0.3, -0.25) is 4.79 Å². The lowest BCUT2D eigenvalue weighted by Crippen LogP contribution is -2.39. The molecule has 2 N–H and O–H groups in total. The molecule has 0 heterocycles. The summed E-state index contributed by atoms with van der Waals surface area (Å²) < 4.78 is 0. The van der Waals surface area contributed by atoms with E-state index in [-0.39, 0.29) is 11.8 Å². The standard InChI is InChI=1S/C11H25N3O/c1-9(2)14(5)7-6-13-11(15)10(3)8-12-4/h9-10,12H,6-8H2,1-5H3,(H,13,15). The van der Waals surface area contributed by atoms with Crippen LogP contribution in [0.5, 0.6) is 0 Å². The number of nitrogens with zero attached hydrogens (tertiary/aromatic N) is 1. The van der Waals surface area contributed by atoms with Crippen LogP contribution in [-0.2, 0) is 4.79 Å². The predicted octanol–water partition coefficient (Wildman–Crippen LogP) is 0.298. The van der Waals surface area contributed by atoms with E-state index < -0.39 is 0 Å². The molecule has 90 valence electrons. The Balaban J connectivity index is 3.63. The normalized spacial score (nSPS) is 13.3. The lowest BCUT2D eigenvalue weighted by Gasteiger charge is -2.21. The van der Waals surface area contributed by atoms with Gasteiger partial charge in [-0.15, -0.1) is 0 Å². The summed E-state index contributed by atoms with van der Waals surface area (Å²) in [5.74, 6) is 0.167. The first-order valence-corrected chi connectivity index (χ1v) is 5.61. The Morgan fingerprint density at radius 2 is 1.93 bits per heavy atom. The molecule has 0 aliphatic heterocycles. The van der Waals surface area contributed by atoms with E-state index in [1.165, 1.54) is 0 Å². The smallest absolute Gasteiger partial charge is 0.224 e. The van der Waals surface area contributed by atoms with E-state index in [1.54, 1.807) is 0 Å². The minimum absolute atomic E-state index is 0.0411. The van der Waals surface area contributed by atoms with Gasteiger partial charge in [0, 0.05) is 31.6 Å².